The van der Waals surface area contributed by atoms with Gasteiger partial charge in [0, 0.05) is 0 Å². The number of methoxy groups -OCH3 is 1. The molecule has 19 heavy (non-hydrogen) atoms. The molecule has 4 heteroatoms. The Kier molecular flexibility index (Phi) is 6.12. The second-order valence-corrected chi connectivity index (χ2v) is 4.41. The molecule has 0 N–H and O–H groups in total. The van der Waals surface area contributed by atoms with Gasteiger partial charge in [0.25, 0.3) is 0 Å². The van der Waals surface area contributed by atoms with Gasteiger partial charge in [-0.25, -0.2) is 0 Å². The van der Waals surface area contributed by atoms with Gasteiger partial charge in [-0.05, 0) is 26.0 Å². The third kappa shape index (κ3) is 4.73. The second-order valence-electron chi connectivity index (χ2n) is 4.41. The highest BCUT2D eigenvalue weighted by Crippen LogP contribution is 2.27. The molecule has 0 saturated carbocycles. The molecule has 0 aliphatic carbocycles. The van der Waals surface area contributed by atoms with Crippen LogP contribution in [-0.4, -0.2) is 32.2 Å². The zero-order valence-corrected chi connectivity index (χ0v) is 12.4. The van der Waals surface area contributed by atoms with Gasteiger partial charge < -0.3 is 18.9 Å². The van der Waals surface area contributed by atoms with Gasteiger partial charge in [-0.3, -0.25) is 0 Å². The summed E-state index contributed by atoms with van der Waals surface area (Å²) in [6, 6.07) is 7.56. The molecule has 0 bridgehead atoms. The average Bonchev–Trinajstić information content (AvgIpc) is 2.78. The van der Waals surface area contributed by atoms with Gasteiger partial charge in [0.15, 0.2) is 17.3 Å². The highest BCUT2D eigenvalue weighted by Gasteiger charge is 2.33. The number of hydrogen-bond donors (Lipinski definition) is 0. The Hall–Kier alpha value is -1.26. The number of para-hydroxylation sites is 2. The summed E-state index contributed by atoms with van der Waals surface area (Å²) < 4.78 is 22.0. The van der Waals surface area contributed by atoms with E-state index >= 15 is 0 Å². The number of rotatable bonds is 4. The fourth-order valence-electron chi connectivity index (χ4n) is 1.77. The first kappa shape index (κ1) is 15.8. The van der Waals surface area contributed by atoms with Crippen LogP contribution >= 0.6 is 0 Å². The van der Waals surface area contributed by atoms with Gasteiger partial charge in [-0.15, -0.1) is 0 Å². The van der Waals surface area contributed by atoms with Crippen molar-refractivity contribution in [1.82, 2.24) is 0 Å². The van der Waals surface area contributed by atoms with Crippen molar-refractivity contribution in [3.05, 3.63) is 24.3 Å². The van der Waals surface area contributed by atoms with Crippen LogP contribution in [0.25, 0.3) is 0 Å². The molecule has 0 spiro atoms. The average molecular weight is 268 g/mol. The van der Waals surface area contributed by atoms with Crippen LogP contribution in [0.4, 0.5) is 0 Å². The van der Waals surface area contributed by atoms with E-state index in [-0.39, 0.29) is 6.10 Å². The first-order valence-corrected chi connectivity index (χ1v) is 6.68. The fourth-order valence-corrected chi connectivity index (χ4v) is 1.77. The second kappa shape index (κ2) is 7.36. The molecule has 1 fully saturated rings. The van der Waals surface area contributed by atoms with Gasteiger partial charge in [0.1, 0.15) is 12.7 Å². The van der Waals surface area contributed by atoms with E-state index in [1.54, 1.807) is 7.11 Å². The van der Waals surface area contributed by atoms with Crippen molar-refractivity contribution in [3.8, 4) is 11.5 Å². The SMILES string of the molecule is CC.COc1ccccc1OCC1COC(C)(C)O1. The lowest BCUT2D eigenvalue weighted by molar-refractivity contribution is -0.141. The summed E-state index contributed by atoms with van der Waals surface area (Å²) in [6.07, 6.45) is -0.0325. The van der Waals surface area contributed by atoms with Crippen molar-refractivity contribution < 1.29 is 18.9 Å². The molecular weight excluding hydrogens is 244 g/mol. The van der Waals surface area contributed by atoms with Crippen molar-refractivity contribution in [2.24, 2.45) is 0 Å². The molecule has 2 rings (SSSR count). The Labute approximate surface area is 115 Å². The highest BCUT2D eigenvalue weighted by molar-refractivity contribution is 5.39. The Morgan fingerprint density at radius 3 is 2.37 bits per heavy atom. The molecule has 1 aliphatic rings. The van der Waals surface area contributed by atoms with Crippen LogP contribution in [0.15, 0.2) is 24.3 Å². The maximum absolute atomic E-state index is 5.68. The Morgan fingerprint density at radius 1 is 1.21 bits per heavy atom. The summed E-state index contributed by atoms with van der Waals surface area (Å²) in [5.41, 5.74) is 0. The Bertz CT molecular complexity index is 376. The lowest BCUT2D eigenvalue weighted by Crippen LogP contribution is -2.25. The van der Waals surface area contributed by atoms with Crippen LogP contribution in [0, 0.1) is 0 Å². The summed E-state index contributed by atoms with van der Waals surface area (Å²) >= 11 is 0. The normalized spacial score (nSPS) is 20.4. The van der Waals surface area contributed by atoms with Gasteiger partial charge in [-0.1, -0.05) is 26.0 Å². The van der Waals surface area contributed by atoms with Crippen molar-refractivity contribution in [1.29, 1.82) is 0 Å². The van der Waals surface area contributed by atoms with Crippen LogP contribution in [0.2, 0.25) is 0 Å². The zero-order chi connectivity index (χ0) is 14.3. The number of benzene rings is 1. The molecule has 1 atom stereocenters. The quantitative estimate of drug-likeness (QED) is 0.840. The van der Waals surface area contributed by atoms with Crippen LogP contribution in [0.5, 0.6) is 11.5 Å². The van der Waals surface area contributed by atoms with E-state index in [1.807, 2.05) is 52.0 Å². The van der Waals surface area contributed by atoms with E-state index in [2.05, 4.69) is 0 Å². The molecule has 1 heterocycles. The zero-order valence-electron chi connectivity index (χ0n) is 12.4. The Balaban J connectivity index is 0.000000861. The Morgan fingerprint density at radius 2 is 1.84 bits per heavy atom. The molecule has 0 aromatic heterocycles. The van der Waals surface area contributed by atoms with Gasteiger partial charge in [0.2, 0.25) is 0 Å². The van der Waals surface area contributed by atoms with E-state index in [0.29, 0.717) is 13.2 Å². The lowest BCUT2D eigenvalue weighted by Gasteiger charge is -2.17. The molecule has 1 aliphatic heterocycles. The summed E-state index contributed by atoms with van der Waals surface area (Å²) in [7, 11) is 1.63. The summed E-state index contributed by atoms with van der Waals surface area (Å²) in [5.74, 6) is 0.948. The highest BCUT2D eigenvalue weighted by atomic mass is 16.7. The minimum atomic E-state index is -0.505. The third-order valence-electron chi connectivity index (χ3n) is 2.56. The molecule has 0 amide bonds. The number of ether oxygens (including phenoxy) is 4. The van der Waals surface area contributed by atoms with Crippen LogP contribution in [0.1, 0.15) is 27.7 Å². The summed E-state index contributed by atoms with van der Waals surface area (Å²) in [5, 5.41) is 0. The smallest absolute Gasteiger partial charge is 0.163 e. The minimum Gasteiger partial charge on any atom is -0.493 e. The van der Waals surface area contributed by atoms with Crippen LogP contribution < -0.4 is 9.47 Å². The summed E-state index contributed by atoms with van der Waals surface area (Å²) in [4.78, 5) is 0. The molecule has 1 aromatic rings. The van der Waals surface area contributed by atoms with Crippen molar-refractivity contribution in [2.75, 3.05) is 20.3 Å². The molecular formula is C15H24O4. The molecule has 1 saturated heterocycles. The molecule has 4 nitrogen and oxygen atoms in total. The van der Waals surface area contributed by atoms with E-state index < -0.39 is 5.79 Å². The van der Waals surface area contributed by atoms with E-state index in [1.165, 1.54) is 0 Å². The van der Waals surface area contributed by atoms with Crippen LogP contribution in [-0.2, 0) is 9.47 Å². The van der Waals surface area contributed by atoms with E-state index in [4.69, 9.17) is 18.9 Å². The lowest BCUT2D eigenvalue weighted by atomic mass is 10.3. The third-order valence-corrected chi connectivity index (χ3v) is 2.56. The van der Waals surface area contributed by atoms with Gasteiger partial charge in [0.05, 0.1) is 13.7 Å². The number of hydrogen-bond acceptors (Lipinski definition) is 4. The molecule has 108 valence electrons. The maximum Gasteiger partial charge on any atom is 0.163 e. The van der Waals surface area contributed by atoms with Crippen molar-refractivity contribution in [2.45, 2.75) is 39.6 Å². The van der Waals surface area contributed by atoms with E-state index in [9.17, 15) is 0 Å². The van der Waals surface area contributed by atoms with Gasteiger partial charge in [-0.2, -0.15) is 0 Å². The predicted molar refractivity (Wildman–Crippen MR) is 74.7 cm³/mol. The summed E-state index contributed by atoms with van der Waals surface area (Å²) in [6.45, 7) is 8.82. The monoisotopic (exact) mass is 268 g/mol. The first-order valence-electron chi connectivity index (χ1n) is 6.68. The van der Waals surface area contributed by atoms with Gasteiger partial charge >= 0.3 is 0 Å². The van der Waals surface area contributed by atoms with E-state index in [0.717, 1.165) is 11.5 Å². The topological polar surface area (TPSA) is 36.9 Å². The predicted octanol–water partition coefficient (Wildman–Crippen LogP) is 3.25. The molecule has 1 unspecified atom stereocenters. The molecule has 0 radical (unpaired) electrons. The minimum absolute atomic E-state index is 0.0325. The van der Waals surface area contributed by atoms with Crippen molar-refractivity contribution in [3.63, 3.8) is 0 Å². The largest absolute Gasteiger partial charge is 0.493 e. The van der Waals surface area contributed by atoms with Crippen LogP contribution in [0.3, 0.4) is 0 Å². The maximum atomic E-state index is 5.68. The fraction of sp³-hybridized carbons (Fsp3) is 0.600. The standard InChI is InChI=1S/C13H18O4.C2H6/c1-13(2)16-9-10(17-13)8-15-12-7-5-4-6-11(12)14-3;1-2/h4-7,10H,8-9H2,1-3H3;1-2H3. The molecule has 1 aromatic carbocycles. The van der Waals surface area contributed by atoms with Crippen molar-refractivity contribution >= 4 is 0 Å². The first-order chi connectivity index (χ1) is 9.11.